The van der Waals surface area contributed by atoms with Crippen molar-refractivity contribution in [1.29, 1.82) is 0 Å². The van der Waals surface area contributed by atoms with Crippen molar-refractivity contribution in [2.45, 2.75) is 26.2 Å². The van der Waals surface area contributed by atoms with Crippen LogP contribution in [0.3, 0.4) is 0 Å². The van der Waals surface area contributed by atoms with Gasteiger partial charge in [0.25, 0.3) is 0 Å². The molecule has 1 N–H and O–H groups in total. The van der Waals surface area contributed by atoms with Crippen LogP contribution in [0, 0.1) is 0 Å². The zero-order valence-corrected chi connectivity index (χ0v) is 9.94. The summed E-state index contributed by atoms with van der Waals surface area (Å²) in [5, 5.41) is 6.96. The van der Waals surface area contributed by atoms with Crippen LogP contribution in [0.15, 0.2) is 29.6 Å². The Morgan fingerprint density at radius 1 is 1.20 bits per heavy atom. The van der Waals surface area contributed by atoms with E-state index < -0.39 is 0 Å². The molecule has 0 aliphatic rings. The average Bonchev–Trinajstić information content (AvgIpc) is 2.71. The maximum atomic E-state index is 3.47. The molecule has 0 saturated carbocycles. The number of anilines is 1. The van der Waals surface area contributed by atoms with Crippen LogP contribution in [0.4, 0.5) is 5.69 Å². The average molecular weight is 219 g/mol. The Morgan fingerprint density at radius 3 is 3.00 bits per heavy atom. The summed E-state index contributed by atoms with van der Waals surface area (Å²) in [6.07, 6.45) is 3.86. The smallest absolute Gasteiger partial charge is 0.0347 e. The van der Waals surface area contributed by atoms with Gasteiger partial charge in [-0.3, -0.25) is 0 Å². The van der Waals surface area contributed by atoms with Gasteiger partial charge >= 0.3 is 0 Å². The highest BCUT2D eigenvalue weighted by Gasteiger charge is 1.96. The van der Waals surface area contributed by atoms with E-state index >= 15 is 0 Å². The normalized spacial score (nSPS) is 10.7. The lowest BCUT2D eigenvalue weighted by Crippen LogP contribution is -2.00. The maximum Gasteiger partial charge on any atom is 0.0347 e. The molecule has 1 aromatic heterocycles. The van der Waals surface area contributed by atoms with Crippen molar-refractivity contribution in [1.82, 2.24) is 0 Å². The van der Waals surface area contributed by atoms with Gasteiger partial charge in [-0.25, -0.2) is 0 Å². The Hall–Kier alpha value is -1.02. The lowest BCUT2D eigenvalue weighted by atomic mass is 10.2. The van der Waals surface area contributed by atoms with Gasteiger partial charge in [0.2, 0.25) is 0 Å². The van der Waals surface area contributed by atoms with Crippen molar-refractivity contribution >= 4 is 27.1 Å². The molecule has 0 atom stereocenters. The molecule has 2 heteroatoms. The van der Waals surface area contributed by atoms with E-state index in [2.05, 4.69) is 41.9 Å². The summed E-state index contributed by atoms with van der Waals surface area (Å²) in [4.78, 5) is 0. The number of benzene rings is 1. The van der Waals surface area contributed by atoms with E-state index in [-0.39, 0.29) is 0 Å². The Balaban J connectivity index is 1.96. The van der Waals surface area contributed by atoms with Gasteiger partial charge in [-0.2, -0.15) is 0 Å². The molecule has 0 radical (unpaired) electrons. The fourth-order valence-electron chi connectivity index (χ4n) is 1.68. The van der Waals surface area contributed by atoms with E-state index in [0.717, 1.165) is 6.54 Å². The second-order valence-corrected chi connectivity index (χ2v) is 4.75. The van der Waals surface area contributed by atoms with Gasteiger partial charge in [-0.1, -0.05) is 19.8 Å². The molecule has 1 aromatic carbocycles. The molecule has 0 aliphatic carbocycles. The van der Waals surface area contributed by atoms with Crippen LogP contribution in [0.5, 0.6) is 0 Å². The first-order valence-electron chi connectivity index (χ1n) is 5.61. The van der Waals surface area contributed by atoms with Crippen molar-refractivity contribution in [3.8, 4) is 0 Å². The van der Waals surface area contributed by atoms with Gasteiger partial charge in [0.1, 0.15) is 0 Å². The summed E-state index contributed by atoms with van der Waals surface area (Å²) in [6, 6.07) is 8.78. The third kappa shape index (κ3) is 2.72. The van der Waals surface area contributed by atoms with E-state index in [1.807, 2.05) is 0 Å². The lowest BCUT2D eigenvalue weighted by molar-refractivity contribution is 0.744. The highest BCUT2D eigenvalue weighted by molar-refractivity contribution is 7.17. The van der Waals surface area contributed by atoms with Gasteiger partial charge in [0.05, 0.1) is 0 Å². The summed E-state index contributed by atoms with van der Waals surface area (Å²) in [5.41, 5.74) is 1.25. The maximum absolute atomic E-state index is 3.47. The highest BCUT2D eigenvalue weighted by Crippen LogP contribution is 2.23. The molecule has 2 rings (SSSR count). The fraction of sp³-hybridized carbons (Fsp3) is 0.385. The van der Waals surface area contributed by atoms with E-state index in [9.17, 15) is 0 Å². The number of nitrogens with one attached hydrogen (secondary N) is 1. The molecular weight excluding hydrogens is 202 g/mol. The molecule has 0 bridgehead atoms. The van der Waals surface area contributed by atoms with Crippen LogP contribution in [-0.4, -0.2) is 6.54 Å². The minimum absolute atomic E-state index is 1.09. The second kappa shape index (κ2) is 5.17. The monoisotopic (exact) mass is 219 g/mol. The number of hydrogen-bond donors (Lipinski definition) is 1. The largest absolute Gasteiger partial charge is 0.385 e. The quantitative estimate of drug-likeness (QED) is 0.730. The van der Waals surface area contributed by atoms with Crippen LogP contribution in [-0.2, 0) is 0 Å². The first-order valence-corrected chi connectivity index (χ1v) is 6.49. The molecule has 0 amide bonds. The molecule has 2 aromatic rings. The van der Waals surface area contributed by atoms with E-state index in [4.69, 9.17) is 0 Å². The molecule has 0 saturated heterocycles. The molecule has 1 nitrogen and oxygen atoms in total. The Morgan fingerprint density at radius 2 is 2.13 bits per heavy atom. The zero-order chi connectivity index (χ0) is 10.5. The lowest BCUT2D eigenvalue weighted by Gasteiger charge is -2.05. The molecule has 0 aliphatic heterocycles. The summed E-state index contributed by atoms with van der Waals surface area (Å²) >= 11 is 1.80. The first-order chi connectivity index (χ1) is 7.40. The molecular formula is C13H17NS. The minimum Gasteiger partial charge on any atom is -0.385 e. The summed E-state index contributed by atoms with van der Waals surface area (Å²) < 4.78 is 1.37. The number of rotatable bonds is 5. The van der Waals surface area contributed by atoms with Gasteiger partial charge in [-0.15, -0.1) is 11.3 Å². The number of unbranched alkanes of at least 4 members (excludes halogenated alkanes) is 2. The zero-order valence-electron chi connectivity index (χ0n) is 9.12. The van der Waals surface area contributed by atoms with E-state index in [0.29, 0.717) is 0 Å². The first kappa shape index (κ1) is 10.5. The molecule has 0 spiro atoms. The van der Waals surface area contributed by atoms with Gasteiger partial charge in [0, 0.05) is 16.9 Å². The third-order valence-electron chi connectivity index (χ3n) is 2.56. The predicted octanol–water partition coefficient (Wildman–Crippen LogP) is 4.50. The summed E-state index contributed by atoms with van der Waals surface area (Å²) in [5.74, 6) is 0. The van der Waals surface area contributed by atoms with E-state index in [1.165, 1.54) is 35.0 Å². The molecule has 80 valence electrons. The van der Waals surface area contributed by atoms with E-state index in [1.54, 1.807) is 11.3 Å². The van der Waals surface area contributed by atoms with Crippen LogP contribution in [0.2, 0.25) is 0 Å². The minimum atomic E-state index is 1.09. The molecule has 0 unspecified atom stereocenters. The number of fused-ring (bicyclic) bond motifs is 1. The Bertz CT molecular complexity index is 419. The topological polar surface area (TPSA) is 12.0 Å². The molecule has 15 heavy (non-hydrogen) atoms. The van der Waals surface area contributed by atoms with Crippen LogP contribution in [0.25, 0.3) is 10.1 Å². The predicted molar refractivity (Wildman–Crippen MR) is 69.8 cm³/mol. The van der Waals surface area contributed by atoms with Crippen molar-refractivity contribution in [3.05, 3.63) is 29.6 Å². The van der Waals surface area contributed by atoms with Crippen LogP contribution >= 0.6 is 11.3 Å². The fourth-order valence-corrected chi connectivity index (χ4v) is 2.46. The summed E-state index contributed by atoms with van der Waals surface area (Å²) in [7, 11) is 0. The molecule has 1 heterocycles. The summed E-state index contributed by atoms with van der Waals surface area (Å²) in [6.45, 7) is 3.32. The molecule has 0 fully saturated rings. The van der Waals surface area contributed by atoms with Crippen molar-refractivity contribution in [2.75, 3.05) is 11.9 Å². The second-order valence-electron chi connectivity index (χ2n) is 3.81. The third-order valence-corrected chi connectivity index (χ3v) is 3.46. The standard InChI is InChI=1S/C13H17NS/c1-2-3-4-8-14-12-5-6-13-11(10-12)7-9-15-13/h5-7,9-10,14H,2-4,8H2,1H3. The highest BCUT2D eigenvalue weighted by atomic mass is 32.1. The van der Waals surface area contributed by atoms with Gasteiger partial charge in [-0.05, 0) is 41.5 Å². The van der Waals surface area contributed by atoms with Crippen LogP contribution < -0.4 is 5.32 Å². The number of hydrogen-bond acceptors (Lipinski definition) is 2. The van der Waals surface area contributed by atoms with Crippen LogP contribution in [0.1, 0.15) is 26.2 Å². The van der Waals surface area contributed by atoms with Gasteiger partial charge < -0.3 is 5.32 Å². The van der Waals surface area contributed by atoms with Gasteiger partial charge in [0.15, 0.2) is 0 Å². The van der Waals surface area contributed by atoms with Crippen molar-refractivity contribution < 1.29 is 0 Å². The van der Waals surface area contributed by atoms with Crippen molar-refractivity contribution in [3.63, 3.8) is 0 Å². The number of thiophene rings is 1. The Kier molecular flexibility index (Phi) is 3.62. The Labute approximate surface area is 95.1 Å². The van der Waals surface area contributed by atoms with Crippen molar-refractivity contribution in [2.24, 2.45) is 0 Å². The SMILES string of the molecule is CCCCCNc1ccc2sccc2c1.